The molecule has 176 valence electrons. The lowest BCUT2D eigenvalue weighted by atomic mass is 9.93. The number of amides is 1. The van der Waals surface area contributed by atoms with Crippen LogP contribution in [0.3, 0.4) is 0 Å². The van der Waals surface area contributed by atoms with Gasteiger partial charge in [-0.15, -0.1) is 0 Å². The third-order valence-corrected chi connectivity index (χ3v) is 7.35. The van der Waals surface area contributed by atoms with Crippen molar-refractivity contribution in [1.29, 1.82) is 0 Å². The topological polar surface area (TPSA) is 111 Å². The van der Waals surface area contributed by atoms with Gasteiger partial charge in [0, 0.05) is 31.9 Å². The first-order valence-electron chi connectivity index (χ1n) is 12.0. The van der Waals surface area contributed by atoms with Crippen molar-refractivity contribution in [3.63, 3.8) is 0 Å². The monoisotopic (exact) mass is 451 g/mol. The highest BCUT2D eigenvalue weighted by Gasteiger charge is 2.46. The Labute approximate surface area is 194 Å². The fourth-order valence-electron chi connectivity index (χ4n) is 5.10. The van der Waals surface area contributed by atoms with Gasteiger partial charge in [-0.3, -0.25) is 4.79 Å². The highest BCUT2D eigenvalue weighted by molar-refractivity contribution is 5.98. The molecule has 2 unspecified atom stereocenters. The minimum atomic E-state index is -0.259. The van der Waals surface area contributed by atoms with E-state index < -0.39 is 0 Å². The Morgan fingerprint density at radius 1 is 1.18 bits per heavy atom. The van der Waals surface area contributed by atoms with Crippen LogP contribution < -0.4 is 15.5 Å². The molecule has 0 bridgehead atoms. The zero-order chi connectivity index (χ0) is 22.9. The summed E-state index contributed by atoms with van der Waals surface area (Å²) in [6, 6.07) is 6.02. The standard InChI is InChI=1S/C25H33N5O3/c1-15-8-16(2-3-17(15)14-31)10-26-23-22(24(33)28-20-4-6-21(32)7-5-20)11-27-25(29-23)30-12-18-9-19(18)13-30/h2-3,8,11,18-21,31-32H,4-7,9-10,12-14H2,1H3,(H,28,33)(H,26,27,29)/t18?,19?,20-,21-. The first kappa shape index (κ1) is 22.1. The number of fused-ring (bicyclic) bond motifs is 1. The number of nitrogens with one attached hydrogen (secondary N) is 2. The maximum Gasteiger partial charge on any atom is 0.256 e. The zero-order valence-corrected chi connectivity index (χ0v) is 19.1. The van der Waals surface area contributed by atoms with Crippen LogP contribution in [0.4, 0.5) is 11.8 Å². The molecule has 2 aliphatic carbocycles. The lowest BCUT2D eigenvalue weighted by molar-refractivity contribution is 0.0867. The van der Waals surface area contributed by atoms with E-state index in [1.807, 2.05) is 25.1 Å². The van der Waals surface area contributed by atoms with E-state index in [0.29, 0.717) is 36.7 Å². The fourth-order valence-corrected chi connectivity index (χ4v) is 5.10. The van der Waals surface area contributed by atoms with Crippen LogP contribution >= 0.6 is 0 Å². The second-order valence-corrected chi connectivity index (χ2v) is 9.84. The van der Waals surface area contributed by atoms with E-state index in [2.05, 4.69) is 20.5 Å². The van der Waals surface area contributed by atoms with E-state index in [-0.39, 0.29) is 24.7 Å². The van der Waals surface area contributed by atoms with Crippen LogP contribution in [0.25, 0.3) is 0 Å². The maximum absolute atomic E-state index is 13.1. The lowest BCUT2D eigenvalue weighted by Crippen LogP contribution is -2.39. The molecule has 8 heteroatoms. The van der Waals surface area contributed by atoms with Crippen LogP contribution in [-0.4, -0.2) is 51.3 Å². The average Bonchev–Trinajstić information content (AvgIpc) is 3.43. The molecule has 0 spiro atoms. The molecular weight excluding hydrogens is 418 g/mol. The maximum atomic E-state index is 13.1. The molecule has 2 aromatic rings. The molecule has 33 heavy (non-hydrogen) atoms. The molecule has 1 aromatic heterocycles. The SMILES string of the molecule is Cc1cc(CNc2nc(N3CC4CC4C3)ncc2C(=O)N[C@H]2CC[C@H](O)CC2)ccc1CO. The number of carbonyl (C=O) groups is 1. The van der Waals surface area contributed by atoms with E-state index in [1.165, 1.54) is 6.42 Å². The van der Waals surface area contributed by atoms with Crippen LogP contribution in [0.5, 0.6) is 0 Å². The van der Waals surface area contributed by atoms with Gasteiger partial charge in [0.15, 0.2) is 0 Å². The Morgan fingerprint density at radius 3 is 2.64 bits per heavy atom. The molecule has 5 rings (SSSR count). The summed E-state index contributed by atoms with van der Waals surface area (Å²) < 4.78 is 0. The van der Waals surface area contributed by atoms with Crippen LogP contribution in [0.15, 0.2) is 24.4 Å². The van der Waals surface area contributed by atoms with Crippen molar-refractivity contribution in [2.45, 2.75) is 64.3 Å². The number of aryl methyl sites for hydroxylation is 1. The van der Waals surface area contributed by atoms with Crippen LogP contribution in [0, 0.1) is 18.8 Å². The third-order valence-electron chi connectivity index (χ3n) is 7.35. The Kier molecular flexibility index (Phi) is 6.21. The van der Waals surface area contributed by atoms with E-state index in [0.717, 1.165) is 54.5 Å². The van der Waals surface area contributed by atoms with Crippen LogP contribution in [-0.2, 0) is 13.2 Å². The van der Waals surface area contributed by atoms with Gasteiger partial charge in [0.1, 0.15) is 11.4 Å². The number of nitrogens with zero attached hydrogens (tertiary/aromatic N) is 3. The molecule has 2 heterocycles. The molecule has 8 nitrogen and oxygen atoms in total. The first-order chi connectivity index (χ1) is 16.0. The van der Waals surface area contributed by atoms with Gasteiger partial charge < -0.3 is 25.7 Å². The summed E-state index contributed by atoms with van der Waals surface area (Å²) in [4.78, 5) is 24.6. The lowest BCUT2D eigenvalue weighted by Gasteiger charge is -2.26. The number of aliphatic hydroxyl groups is 2. The van der Waals surface area contributed by atoms with Crippen molar-refractivity contribution < 1.29 is 15.0 Å². The second kappa shape index (κ2) is 9.27. The van der Waals surface area contributed by atoms with E-state index in [9.17, 15) is 15.0 Å². The van der Waals surface area contributed by atoms with Gasteiger partial charge in [-0.2, -0.15) is 4.98 Å². The van der Waals surface area contributed by atoms with Crippen LogP contribution in [0.2, 0.25) is 0 Å². The van der Waals surface area contributed by atoms with E-state index >= 15 is 0 Å². The number of piperidine rings is 1. The average molecular weight is 452 g/mol. The predicted molar refractivity (Wildman–Crippen MR) is 126 cm³/mol. The summed E-state index contributed by atoms with van der Waals surface area (Å²) in [6.07, 6.45) is 5.68. The molecule has 4 N–H and O–H groups in total. The molecule has 3 aliphatic rings. The van der Waals surface area contributed by atoms with Gasteiger partial charge in [0.05, 0.1) is 12.7 Å². The quantitative estimate of drug-likeness (QED) is 0.512. The van der Waals surface area contributed by atoms with Crippen molar-refractivity contribution in [3.8, 4) is 0 Å². The number of aliphatic hydroxyl groups excluding tert-OH is 2. The molecule has 1 aromatic carbocycles. The normalized spacial score (nSPS) is 26.1. The van der Waals surface area contributed by atoms with Crippen molar-refractivity contribution >= 4 is 17.7 Å². The number of anilines is 2. The second-order valence-electron chi connectivity index (χ2n) is 9.84. The predicted octanol–water partition coefficient (Wildman–Crippen LogP) is 2.38. The van der Waals surface area contributed by atoms with Crippen molar-refractivity contribution in [2.24, 2.45) is 11.8 Å². The van der Waals surface area contributed by atoms with E-state index in [4.69, 9.17) is 4.98 Å². The summed E-state index contributed by atoms with van der Waals surface area (Å²) in [7, 11) is 0. The molecule has 2 saturated carbocycles. The number of hydrogen-bond donors (Lipinski definition) is 4. The zero-order valence-electron chi connectivity index (χ0n) is 19.1. The smallest absolute Gasteiger partial charge is 0.256 e. The molecule has 0 radical (unpaired) electrons. The van der Waals surface area contributed by atoms with Gasteiger partial charge in [-0.25, -0.2) is 4.98 Å². The van der Waals surface area contributed by atoms with Gasteiger partial charge >= 0.3 is 0 Å². The molecule has 1 saturated heterocycles. The Balaban J connectivity index is 1.34. The summed E-state index contributed by atoms with van der Waals surface area (Å²) in [5.74, 6) is 2.57. The highest BCUT2D eigenvalue weighted by Crippen LogP contribution is 2.45. The minimum Gasteiger partial charge on any atom is -0.393 e. The van der Waals surface area contributed by atoms with Crippen LogP contribution in [0.1, 0.15) is 59.2 Å². The molecule has 3 fully saturated rings. The number of carbonyl (C=O) groups excluding carboxylic acids is 1. The number of benzene rings is 1. The number of aromatic nitrogens is 2. The van der Waals surface area contributed by atoms with Crippen molar-refractivity contribution in [2.75, 3.05) is 23.3 Å². The summed E-state index contributed by atoms with van der Waals surface area (Å²) in [5, 5.41) is 25.6. The number of rotatable bonds is 7. The largest absolute Gasteiger partial charge is 0.393 e. The van der Waals surface area contributed by atoms with Gasteiger partial charge in [-0.1, -0.05) is 18.2 Å². The molecule has 1 aliphatic heterocycles. The Hall–Kier alpha value is -2.71. The van der Waals surface area contributed by atoms with E-state index in [1.54, 1.807) is 6.20 Å². The third kappa shape index (κ3) is 4.96. The van der Waals surface area contributed by atoms with Gasteiger partial charge in [0.2, 0.25) is 5.95 Å². The van der Waals surface area contributed by atoms with Crippen molar-refractivity contribution in [1.82, 2.24) is 15.3 Å². The molecule has 2 atom stereocenters. The highest BCUT2D eigenvalue weighted by atomic mass is 16.3. The minimum absolute atomic E-state index is 0.0230. The Bertz CT molecular complexity index is 1010. The van der Waals surface area contributed by atoms with Gasteiger partial charge in [0.25, 0.3) is 5.91 Å². The fraction of sp³-hybridized carbons (Fsp3) is 0.560. The molecular formula is C25H33N5O3. The molecule has 1 amide bonds. The first-order valence-corrected chi connectivity index (χ1v) is 12.0. The summed E-state index contributed by atoms with van der Waals surface area (Å²) in [5.41, 5.74) is 3.44. The Morgan fingerprint density at radius 2 is 1.94 bits per heavy atom. The number of hydrogen-bond acceptors (Lipinski definition) is 7. The van der Waals surface area contributed by atoms with Gasteiger partial charge in [-0.05, 0) is 67.6 Å². The summed E-state index contributed by atoms with van der Waals surface area (Å²) in [6.45, 7) is 4.50. The van der Waals surface area contributed by atoms with Crippen molar-refractivity contribution in [3.05, 3.63) is 46.6 Å². The summed E-state index contributed by atoms with van der Waals surface area (Å²) >= 11 is 0.